The average molecular weight is 343 g/mol. The van der Waals surface area contributed by atoms with Gasteiger partial charge in [-0.2, -0.15) is 0 Å². The van der Waals surface area contributed by atoms with Gasteiger partial charge in [-0.05, 0) is 48.2 Å². The van der Waals surface area contributed by atoms with Crippen LogP contribution in [0.3, 0.4) is 0 Å². The Morgan fingerprint density at radius 2 is 2.17 bits per heavy atom. The fourth-order valence-electron chi connectivity index (χ4n) is 2.12. The van der Waals surface area contributed by atoms with Gasteiger partial charge in [-0.15, -0.1) is 0 Å². The summed E-state index contributed by atoms with van der Waals surface area (Å²) in [6, 6.07) is 7.74. The highest BCUT2D eigenvalue weighted by Gasteiger charge is 2.24. The Labute approximate surface area is 141 Å². The van der Waals surface area contributed by atoms with Crippen molar-refractivity contribution in [3.63, 3.8) is 0 Å². The lowest BCUT2D eigenvalue weighted by atomic mass is 10.2. The lowest BCUT2D eigenvalue weighted by molar-refractivity contribution is -0.115. The van der Waals surface area contributed by atoms with Crippen LogP contribution in [0.15, 0.2) is 46.4 Å². The predicted molar refractivity (Wildman–Crippen MR) is 91.3 cm³/mol. The number of phenols is 1. The highest BCUT2D eigenvalue weighted by atomic mass is 32.2. The van der Waals surface area contributed by atoms with Crippen molar-refractivity contribution in [2.45, 2.75) is 0 Å². The lowest BCUT2D eigenvalue weighted by Gasteiger charge is -2.01. The Hall–Kier alpha value is -3.00. The lowest BCUT2D eigenvalue weighted by Crippen LogP contribution is -2.19. The van der Waals surface area contributed by atoms with E-state index in [4.69, 9.17) is 5.11 Å². The summed E-state index contributed by atoms with van der Waals surface area (Å²) in [4.78, 5) is 27.8. The van der Waals surface area contributed by atoms with Crippen LogP contribution in [0.1, 0.15) is 16.1 Å². The zero-order valence-corrected chi connectivity index (χ0v) is 13.4. The molecular weight excluding hydrogens is 330 g/mol. The number of aromatic nitrogens is 1. The molecule has 0 radical (unpaired) electrons. The van der Waals surface area contributed by atoms with Gasteiger partial charge in [0, 0.05) is 18.9 Å². The van der Waals surface area contributed by atoms with E-state index in [2.05, 4.69) is 10.3 Å². The third-order valence-electron chi connectivity index (χ3n) is 3.35. The van der Waals surface area contributed by atoms with Gasteiger partial charge in [-0.3, -0.25) is 4.79 Å². The molecule has 1 aliphatic heterocycles. The number of carbonyl (C=O) groups is 2. The van der Waals surface area contributed by atoms with E-state index in [1.807, 2.05) is 29.9 Å². The summed E-state index contributed by atoms with van der Waals surface area (Å²) in [5, 5.41) is 21.5. The van der Waals surface area contributed by atoms with Gasteiger partial charge < -0.3 is 20.1 Å². The van der Waals surface area contributed by atoms with E-state index in [9.17, 15) is 14.7 Å². The van der Waals surface area contributed by atoms with Crippen molar-refractivity contribution in [2.75, 3.05) is 0 Å². The Morgan fingerprint density at radius 3 is 2.83 bits per heavy atom. The van der Waals surface area contributed by atoms with E-state index in [-0.39, 0.29) is 17.2 Å². The zero-order chi connectivity index (χ0) is 17.3. The van der Waals surface area contributed by atoms with E-state index in [0.29, 0.717) is 15.8 Å². The molecule has 3 rings (SSSR count). The molecule has 0 bridgehead atoms. The first-order valence-corrected chi connectivity index (χ1v) is 7.73. The highest BCUT2D eigenvalue weighted by Crippen LogP contribution is 2.29. The minimum absolute atomic E-state index is 0.245. The van der Waals surface area contributed by atoms with Gasteiger partial charge in [-0.25, -0.2) is 9.79 Å². The standard InChI is InChI=1S/C16H13N3O4S/c1-19-6-2-3-10(19)8-13-14(21)18-16(24-13)17-9-4-5-12(20)11(7-9)15(22)23/h2-8,20H,1H3,(H,22,23)(H,17,18,21). The number of aliphatic imine (C=N–C) groups is 1. The van der Waals surface area contributed by atoms with Crippen molar-refractivity contribution in [1.82, 2.24) is 9.88 Å². The number of carboxylic acids is 1. The molecule has 1 saturated heterocycles. The first-order chi connectivity index (χ1) is 11.4. The van der Waals surface area contributed by atoms with E-state index >= 15 is 0 Å². The molecule has 1 aliphatic rings. The fourth-order valence-corrected chi connectivity index (χ4v) is 2.95. The van der Waals surface area contributed by atoms with Crippen molar-refractivity contribution < 1.29 is 19.8 Å². The molecule has 1 aromatic carbocycles. The summed E-state index contributed by atoms with van der Waals surface area (Å²) < 4.78 is 1.88. The van der Waals surface area contributed by atoms with Gasteiger partial charge in [0.15, 0.2) is 5.17 Å². The molecule has 0 aliphatic carbocycles. The van der Waals surface area contributed by atoms with E-state index in [1.165, 1.54) is 30.0 Å². The van der Waals surface area contributed by atoms with Crippen LogP contribution in [-0.2, 0) is 11.8 Å². The first-order valence-electron chi connectivity index (χ1n) is 6.91. The van der Waals surface area contributed by atoms with Gasteiger partial charge >= 0.3 is 5.97 Å². The van der Waals surface area contributed by atoms with Crippen LogP contribution >= 0.6 is 11.8 Å². The van der Waals surface area contributed by atoms with Gasteiger partial charge in [0.05, 0.1) is 10.6 Å². The van der Waals surface area contributed by atoms with Gasteiger partial charge in [-0.1, -0.05) is 0 Å². The number of hydrogen-bond acceptors (Lipinski definition) is 5. The van der Waals surface area contributed by atoms with Crippen LogP contribution in [0.5, 0.6) is 5.75 Å². The van der Waals surface area contributed by atoms with Crippen LogP contribution in [0.25, 0.3) is 6.08 Å². The molecule has 0 unspecified atom stereocenters. The van der Waals surface area contributed by atoms with Gasteiger partial charge in [0.2, 0.25) is 0 Å². The number of aromatic carboxylic acids is 1. The highest BCUT2D eigenvalue weighted by molar-refractivity contribution is 8.18. The van der Waals surface area contributed by atoms with Gasteiger partial charge in [0.25, 0.3) is 5.91 Å². The maximum absolute atomic E-state index is 12.0. The van der Waals surface area contributed by atoms with Gasteiger partial charge in [0.1, 0.15) is 11.3 Å². The number of rotatable bonds is 3. The second kappa shape index (κ2) is 6.25. The zero-order valence-electron chi connectivity index (χ0n) is 12.6. The number of carboxylic acid groups (broad SMARTS) is 1. The molecule has 3 N–H and O–H groups in total. The monoisotopic (exact) mass is 343 g/mol. The molecule has 0 atom stereocenters. The number of aryl methyl sites for hydroxylation is 1. The molecule has 122 valence electrons. The maximum atomic E-state index is 12.0. The van der Waals surface area contributed by atoms with Crippen molar-refractivity contribution in [2.24, 2.45) is 12.0 Å². The van der Waals surface area contributed by atoms with E-state index < -0.39 is 5.97 Å². The number of amidine groups is 1. The summed E-state index contributed by atoms with van der Waals surface area (Å²) in [7, 11) is 1.88. The van der Waals surface area contributed by atoms with Crippen LogP contribution in [0, 0.1) is 0 Å². The molecule has 0 saturated carbocycles. The Balaban J connectivity index is 1.87. The normalized spacial score (nSPS) is 17.5. The summed E-state index contributed by atoms with van der Waals surface area (Å²) in [6.45, 7) is 0. The molecule has 1 amide bonds. The molecular formula is C16H13N3O4S. The molecule has 2 heterocycles. The number of thioether (sulfide) groups is 1. The average Bonchev–Trinajstić information content (AvgIpc) is 3.08. The molecule has 0 spiro atoms. The number of carbonyl (C=O) groups excluding carboxylic acids is 1. The molecule has 1 fully saturated rings. The topological polar surface area (TPSA) is 104 Å². The van der Waals surface area contributed by atoms with Crippen LogP contribution in [-0.4, -0.2) is 31.8 Å². The minimum atomic E-state index is -1.25. The van der Waals surface area contributed by atoms with Crippen LogP contribution < -0.4 is 5.32 Å². The second-order valence-electron chi connectivity index (χ2n) is 5.03. The van der Waals surface area contributed by atoms with Crippen LogP contribution in [0.4, 0.5) is 5.69 Å². The fraction of sp³-hybridized carbons (Fsp3) is 0.0625. The van der Waals surface area contributed by atoms with Crippen molar-refractivity contribution in [1.29, 1.82) is 0 Å². The van der Waals surface area contributed by atoms with E-state index in [1.54, 1.807) is 6.08 Å². The molecule has 24 heavy (non-hydrogen) atoms. The van der Waals surface area contributed by atoms with Crippen molar-refractivity contribution >= 4 is 40.6 Å². The summed E-state index contributed by atoms with van der Waals surface area (Å²) in [6.07, 6.45) is 3.63. The molecule has 8 heteroatoms. The SMILES string of the molecule is Cn1cccc1C=C1SC(=Nc2ccc(O)c(C(=O)O)c2)NC1=O. The number of amides is 1. The summed E-state index contributed by atoms with van der Waals surface area (Å²) >= 11 is 1.17. The Morgan fingerprint density at radius 1 is 1.38 bits per heavy atom. The minimum Gasteiger partial charge on any atom is -0.507 e. The largest absolute Gasteiger partial charge is 0.507 e. The Kier molecular flexibility index (Phi) is 4.13. The van der Waals surface area contributed by atoms with Crippen LogP contribution in [0.2, 0.25) is 0 Å². The summed E-state index contributed by atoms with van der Waals surface area (Å²) in [5.74, 6) is -1.85. The quantitative estimate of drug-likeness (QED) is 0.742. The van der Waals surface area contributed by atoms with Crippen molar-refractivity contribution in [3.05, 3.63) is 52.7 Å². The molecule has 2 aromatic rings. The van der Waals surface area contributed by atoms with Crippen molar-refractivity contribution in [3.8, 4) is 5.75 Å². The second-order valence-corrected chi connectivity index (χ2v) is 6.06. The number of hydrogen-bond donors (Lipinski definition) is 3. The number of aromatic hydroxyl groups is 1. The maximum Gasteiger partial charge on any atom is 0.339 e. The summed E-state index contributed by atoms with van der Waals surface area (Å²) in [5.41, 5.74) is 0.963. The van der Waals surface area contributed by atoms with E-state index in [0.717, 1.165) is 5.69 Å². The third-order valence-corrected chi connectivity index (χ3v) is 4.26. The third kappa shape index (κ3) is 3.18. The predicted octanol–water partition coefficient (Wildman–Crippen LogP) is 2.32. The first kappa shape index (κ1) is 15.9. The number of nitrogens with zero attached hydrogens (tertiary/aromatic N) is 2. The molecule has 7 nitrogen and oxygen atoms in total. The number of benzene rings is 1. The smallest absolute Gasteiger partial charge is 0.339 e. The molecule has 1 aromatic heterocycles. The Bertz CT molecular complexity index is 898. The number of nitrogens with one attached hydrogen (secondary N) is 1.